The molecule has 0 aliphatic carbocycles. The number of nitrogens with one attached hydrogen (secondary N) is 1. The Labute approximate surface area is 100 Å². The summed E-state index contributed by atoms with van der Waals surface area (Å²) in [4.78, 5) is 11.6. The first-order chi connectivity index (χ1) is 7.71. The number of amides is 1. The smallest absolute Gasteiger partial charge is 0.242 e. The quantitative estimate of drug-likeness (QED) is 0.793. The van der Waals surface area contributed by atoms with E-state index in [4.69, 9.17) is 0 Å². The van der Waals surface area contributed by atoms with E-state index in [0.717, 1.165) is 11.8 Å². The van der Waals surface area contributed by atoms with Crippen LogP contribution in [0.3, 0.4) is 0 Å². The van der Waals surface area contributed by atoms with Gasteiger partial charge in [0.25, 0.3) is 0 Å². The number of sulfone groups is 1. The molecule has 1 aromatic rings. The molecule has 94 valence electrons. The lowest BCUT2D eigenvalue weighted by Crippen LogP contribution is -2.31. The number of aromatic hydroxyl groups is 1. The molecule has 0 radical (unpaired) electrons. The summed E-state index contributed by atoms with van der Waals surface area (Å²) in [6.07, 6.45) is 0.992. The molecule has 5 nitrogen and oxygen atoms in total. The highest BCUT2D eigenvalue weighted by Crippen LogP contribution is 2.24. The van der Waals surface area contributed by atoms with E-state index in [-0.39, 0.29) is 11.4 Å². The molecular formula is C11H15NO4S. The Morgan fingerprint density at radius 2 is 2.00 bits per heavy atom. The van der Waals surface area contributed by atoms with Crippen molar-refractivity contribution >= 4 is 21.4 Å². The molecule has 0 aliphatic heterocycles. The lowest BCUT2D eigenvalue weighted by molar-refractivity contribution is -0.115. The van der Waals surface area contributed by atoms with Crippen molar-refractivity contribution in [3.05, 3.63) is 23.8 Å². The van der Waals surface area contributed by atoms with Crippen LogP contribution in [0.1, 0.15) is 12.5 Å². The minimum atomic E-state index is -3.44. The van der Waals surface area contributed by atoms with Crippen LogP contribution >= 0.6 is 0 Å². The van der Waals surface area contributed by atoms with Gasteiger partial charge in [-0.1, -0.05) is 6.07 Å². The van der Waals surface area contributed by atoms with Crippen LogP contribution in [0.25, 0.3) is 0 Å². The molecule has 17 heavy (non-hydrogen) atoms. The standard InChI is InChI=1S/C11H15NO4S/c1-7-4-5-9(10(13)6-7)12-11(14)8(2)17(3,15)16/h4-6,8,13H,1-3H3,(H,12,14). The minimum Gasteiger partial charge on any atom is -0.506 e. The maximum atomic E-state index is 11.6. The van der Waals surface area contributed by atoms with E-state index in [1.54, 1.807) is 13.0 Å². The molecule has 0 spiro atoms. The first-order valence-electron chi connectivity index (χ1n) is 5.01. The zero-order chi connectivity index (χ0) is 13.2. The molecule has 2 N–H and O–H groups in total. The topological polar surface area (TPSA) is 83.5 Å². The Morgan fingerprint density at radius 3 is 2.47 bits per heavy atom. The number of anilines is 1. The third kappa shape index (κ3) is 3.45. The number of carbonyl (C=O) groups excluding carboxylic acids is 1. The number of hydrogen-bond donors (Lipinski definition) is 2. The van der Waals surface area contributed by atoms with Crippen molar-refractivity contribution in [2.45, 2.75) is 19.1 Å². The van der Waals surface area contributed by atoms with Crippen LogP contribution in [0.4, 0.5) is 5.69 Å². The Bertz CT molecular complexity index is 536. The Morgan fingerprint density at radius 1 is 1.41 bits per heavy atom. The van der Waals surface area contributed by atoms with Crippen molar-refractivity contribution in [1.82, 2.24) is 0 Å². The maximum Gasteiger partial charge on any atom is 0.242 e. The van der Waals surface area contributed by atoms with Crippen LogP contribution < -0.4 is 5.32 Å². The second kappa shape index (κ2) is 4.75. The Hall–Kier alpha value is -1.56. The van der Waals surface area contributed by atoms with E-state index in [1.807, 2.05) is 0 Å². The van der Waals surface area contributed by atoms with E-state index in [1.165, 1.54) is 19.1 Å². The number of hydrogen-bond acceptors (Lipinski definition) is 4. The van der Waals surface area contributed by atoms with Crippen molar-refractivity contribution in [2.75, 3.05) is 11.6 Å². The lowest BCUT2D eigenvalue weighted by atomic mass is 10.2. The summed E-state index contributed by atoms with van der Waals surface area (Å²) in [5, 5.41) is 10.8. The van der Waals surface area contributed by atoms with Crippen LogP contribution in [0, 0.1) is 6.92 Å². The number of carbonyl (C=O) groups is 1. The lowest BCUT2D eigenvalue weighted by Gasteiger charge is -2.11. The van der Waals surface area contributed by atoms with Gasteiger partial charge in [-0.15, -0.1) is 0 Å². The Kier molecular flexibility index (Phi) is 3.77. The van der Waals surface area contributed by atoms with Crippen molar-refractivity contribution in [1.29, 1.82) is 0 Å². The average Bonchev–Trinajstić information content (AvgIpc) is 2.19. The van der Waals surface area contributed by atoms with Crippen molar-refractivity contribution < 1.29 is 18.3 Å². The molecule has 0 bridgehead atoms. The van der Waals surface area contributed by atoms with Gasteiger partial charge in [0.1, 0.15) is 11.0 Å². The highest BCUT2D eigenvalue weighted by molar-refractivity contribution is 7.92. The van der Waals surface area contributed by atoms with Gasteiger partial charge >= 0.3 is 0 Å². The summed E-state index contributed by atoms with van der Waals surface area (Å²) in [6.45, 7) is 3.10. The van der Waals surface area contributed by atoms with Gasteiger partial charge in [-0.2, -0.15) is 0 Å². The zero-order valence-electron chi connectivity index (χ0n) is 9.89. The van der Waals surface area contributed by atoms with Gasteiger partial charge in [-0.25, -0.2) is 8.42 Å². The second-order valence-corrected chi connectivity index (χ2v) is 6.35. The molecule has 0 heterocycles. The monoisotopic (exact) mass is 257 g/mol. The molecule has 0 aliphatic rings. The third-order valence-electron chi connectivity index (χ3n) is 2.42. The van der Waals surface area contributed by atoms with Crippen LogP contribution in [0.5, 0.6) is 5.75 Å². The summed E-state index contributed by atoms with van der Waals surface area (Å²) in [7, 11) is -3.44. The summed E-state index contributed by atoms with van der Waals surface area (Å²) in [5.41, 5.74) is 1.05. The third-order valence-corrected chi connectivity index (χ3v) is 3.92. The van der Waals surface area contributed by atoms with E-state index in [9.17, 15) is 18.3 Å². The van der Waals surface area contributed by atoms with Gasteiger partial charge in [0, 0.05) is 6.26 Å². The average molecular weight is 257 g/mol. The van der Waals surface area contributed by atoms with Gasteiger partial charge in [-0.3, -0.25) is 4.79 Å². The van der Waals surface area contributed by atoms with Gasteiger partial charge < -0.3 is 10.4 Å². The first-order valence-corrected chi connectivity index (χ1v) is 6.96. The van der Waals surface area contributed by atoms with Crippen LogP contribution in [-0.2, 0) is 14.6 Å². The number of benzene rings is 1. The number of aryl methyl sites for hydroxylation is 1. The molecule has 1 unspecified atom stereocenters. The maximum absolute atomic E-state index is 11.6. The molecule has 1 aromatic carbocycles. The first kappa shape index (κ1) is 13.5. The molecular weight excluding hydrogens is 242 g/mol. The summed E-state index contributed by atoms with van der Waals surface area (Å²) in [5.74, 6) is -0.745. The Balaban J connectivity index is 2.89. The second-order valence-electron chi connectivity index (χ2n) is 3.98. The fraction of sp³-hybridized carbons (Fsp3) is 0.364. The highest BCUT2D eigenvalue weighted by Gasteiger charge is 2.24. The van der Waals surface area contributed by atoms with Crippen LogP contribution in [0.15, 0.2) is 18.2 Å². The molecule has 1 atom stereocenters. The molecule has 1 rings (SSSR count). The fourth-order valence-corrected chi connectivity index (χ4v) is 1.62. The zero-order valence-corrected chi connectivity index (χ0v) is 10.7. The van der Waals surface area contributed by atoms with E-state index >= 15 is 0 Å². The predicted octanol–water partition coefficient (Wildman–Crippen LogP) is 1.07. The van der Waals surface area contributed by atoms with E-state index in [2.05, 4.69) is 5.32 Å². The van der Waals surface area contributed by atoms with E-state index in [0.29, 0.717) is 0 Å². The predicted molar refractivity (Wildman–Crippen MR) is 65.8 cm³/mol. The number of rotatable bonds is 3. The normalized spacial score (nSPS) is 13.1. The fourth-order valence-electron chi connectivity index (χ4n) is 1.18. The molecule has 6 heteroatoms. The van der Waals surface area contributed by atoms with Crippen molar-refractivity contribution in [3.8, 4) is 5.75 Å². The highest BCUT2D eigenvalue weighted by atomic mass is 32.2. The van der Waals surface area contributed by atoms with E-state index < -0.39 is 21.0 Å². The largest absolute Gasteiger partial charge is 0.506 e. The number of phenolic OH excluding ortho intramolecular Hbond substituents is 1. The number of phenols is 1. The molecule has 0 fully saturated rings. The van der Waals surface area contributed by atoms with Gasteiger partial charge in [-0.05, 0) is 31.5 Å². The molecule has 0 saturated heterocycles. The van der Waals surface area contributed by atoms with Gasteiger partial charge in [0.15, 0.2) is 9.84 Å². The van der Waals surface area contributed by atoms with Crippen molar-refractivity contribution in [2.24, 2.45) is 0 Å². The summed E-state index contributed by atoms with van der Waals surface area (Å²) >= 11 is 0. The van der Waals surface area contributed by atoms with Gasteiger partial charge in [0.05, 0.1) is 5.69 Å². The summed E-state index contributed by atoms with van der Waals surface area (Å²) < 4.78 is 22.4. The van der Waals surface area contributed by atoms with Gasteiger partial charge in [0.2, 0.25) is 5.91 Å². The molecule has 0 aromatic heterocycles. The van der Waals surface area contributed by atoms with Crippen LogP contribution in [0.2, 0.25) is 0 Å². The van der Waals surface area contributed by atoms with Crippen molar-refractivity contribution in [3.63, 3.8) is 0 Å². The summed E-state index contributed by atoms with van der Waals surface area (Å²) in [6, 6.07) is 4.72. The SMILES string of the molecule is Cc1ccc(NC(=O)C(C)S(C)(=O)=O)c(O)c1. The minimum absolute atomic E-state index is 0.0842. The molecule has 0 saturated carbocycles. The molecule has 1 amide bonds. The van der Waals surface area contributed by atoms with Crippen LogP contribution in [-0.4, -0.2) is 30.9 Å².